The smallest absolute Gasteiger partial charge is 0.143 e. The highest BCUT2D eigenvalue weighted by atomic mass is 16.5. The Morgan fingerprint density at radius 1 is 1.21 bits per heavy atom. The van der Waals surface area contributed by atoms with Gasteiger partial charge in [0.05, 0.1) is 18.5 Å². The van der Waals surface area contributed by atoms with E-state index in [4.69, 9.17) is 10.5 Å². The van der Waals surface area contributed by atoms with E-state index in [1.165, 1.54) is 32.4 Å². The molecule has 2 aliphatic heterocycles. The molecular weight excluding hydrogens is 238 g/mol. The van der Waals surface area contributed by atoms with Gasteiger partial charge in [-0.15, -0.1) is 0 Å². The normalized spacial score (nSPS) is 24.1. The lowest BCUT2D eigenvalue weighted by atomic mass is 10.2. The van der Waals surface area contributed by atoms with Gasteiger partial charge in [0.15, 0.2) is 0 Å². The Kier molecular flexibility index (Phi) is 3.51. The molecule has 19 heavy (non-hydrogen) atoms. The fraction of sp³-hybridized carbons (Fsp3) is 0.600. The van der Waals surface area contributed by atoms with E-state index in [1.54, 1.807) is 7.11 Å². The zero-order valence-electron chi connectivity index (χ0n) is 11.6. The van der Waals surface area contributed by atoms with Gasteiger partial charge in [0.1, 0.15) is 5.75 Å². The van der Waals surface area contributed by atoms with E-state index in [2.05, 4.69) is 15.9 Å². The van der Waals surface area contributed by atoms with Crippen LogP contribution in [0, 0.1) is 0 Å². The first-order valence-corrected chi connectivity index (χ1v) is 7.21. The highest BCUT2D eigenvalue weighted by Crippen LogP contribution is 2.34. The molecule has 2 fully saturated rings. The molecule has 1 aromatic carbocycles. The molecule has 2 N–H and O–H groups in total. The third kappa shape index (κ3) is 2.37. The summed E-state index contributed by atoms with van der Waals surface area (Å²) in [5, 5.41) is 0. The van der Waals surface area contributed by atoms with E-state index >= 15 is 0 Å². The van der Waals surface area contributed by atoms with Crippen LogP contribution in [0.2, 0.25) is 0 Å². The lowest BCUT2D eigenvalue weighted by Gasteiger charge is -2.25. The number of hydrogen-bond acceptors (Lipinski definition) is 4. The SMILES string of the molecule is COc1cccc(N2CCC(N3CCCC3)C2)c1N. The van der Waals surface area contributed by atoms with E-state index in [9.17, 15) is 0 Å². The van der Waals surface area contributed by atoms with Crippen molar-refractivity contribution in [1.82, 2.24) is 4.90 Å². The molecule has 2 aliphatic rings. The van der Waals surface area contributed by atoms with Crippen molar-refractivity contribution in [3.63, 3.8) is 0 Å². The van der Waals surface area contributed by atoms with Crippen LogP contribution >= 0.6 is 0 Å². The zero-order valence-corrected chi connectivity index (χ0v) is 11.6. The Balaban J connectivity index is 1.73. The standard InChI is InChI=1S/C15H23N3O/c1-19-14-6-4-5-13(15(14)16)18-10-7-12(11-18)17-8-2-3-9-17/h4-6,12H,2-3,7-11,16H2,1H3. The van der Waals surface area contributed by atoms with Crippen molar-refractivity contribution in [2.75, 3.05) is 43.9 Å². The second-order valence-corrected chi connectivity index (χ2v) is 5.52. The molecule has 0 amide bonds. The maximum atomic E-state index is 6.19. The fourth-order valence-electron chi connectivity index (χ4n) is 3.35. The van der Waals surface area contributed by atoms with Crippen LogP contribution in [-0.2, 0) is 0 Å². The third-order valence-corrected chi connectivity index (χ3v) is 4.42. The number of ether oxygens (including phenoxy) is 1. The molecule has 0 saturated carbocycles. The van der Waals surface area contributed by atoms with Crippen molar-refractivity contribution in [3.8, 4) is 5.75 Å². The maximum absolute atomic E-state index is 6.19. The Labute approximate surface area is 115 Å². The number of anilines is 2. The summed E-state index contributed by atoms with van der Waals surface area (Å²) < 4.78 is 5.31. The number of methoxy groups -OCH3 is 1. The number of nitrogen functional groups attached to an aromatic ring is 1. The molecule has 1 atom stereocenters. The maximum Gasteiger partial charge on any atom is 0.143 e. The van der Waals surface area contributed by atoms with Gasteiger partial charge in [-0.05, 0) is 44.5 Å². The largest absolute Gasteiger partial charge is 0.495 e. The van der Waals surface area contributed by atoms with E-state index in [-0.39, 0.29) is 0 Å². The van der Waals surface area contributed by atoms with Gasteiger partial charge in [-0.25, -0.2) is 0 Å². The molecule has 104 valence electrons. The van der Waals surface area contributed by atoms with Crippen molar-refractivity contribution in [3.05, 3.63) is 18.2 Å². The van der Waals surface area contributed by atoms with Crippen LogP contribution in [0.1, 0.15) is 19.3 Å². The predicted molar refractivity (Wildman–Crippen MR) is 78.8 cm³/mol. The molecule has 3 rings (SSSR count). The molecule has 0 aliphatic carbocycles. The van der Waals surface area contributed by atoms with Gasteiger partial charge in [-0.2, -0.15) is 0 Å². The summed E-state index contributed by atoms with van der Waals surface area (Å²) in [5.41, 5.74) is 8.09. The Bertz CT molecular complexity index is 443. The van der Waals surface area contributed by atoms with Gasteiger partial charge < -0.3 is 15.4 Å². The molecule has 2 heterocycles. The Hall–Kier alpha value is -1.42. The minimum atomic E-state index is 0.702. The van der Waals surface area contributed by atoms with Crippen LogP contribution in [-0.4, -0.2) is 44.2 Å². The minimum Gasteiger partial charge on any atom is -0.495 e. The molecule has 2 saturated heterocycles. The molecule has 0 bridgehead atoms. The van der Waals surface area contributed by atoms with E-state index in [0.29, 0.717) is 6.04 Å². The zero-order chi connectivity index (χ0) is 13.2. The second kappa shape index (κ2) is 5.29. The van der Waals surface area contributed by atoms with Crippen molar-refractivity contribution in [2.24, 2.45) is 0 Å². The topological polar surface area (TPSA) is 41.7 Å². The van der Waals surface area contributed by atoms with Crippen molar-refractivity contribution in [1.29, 1.82) is 0 Å². The van der Waals surface area contributed by atoms with Crippen molar-refractivity contribution >= 4 is 11.4 Å². The summed E-state index contributed by atoms with van der Waals surface area (Å²) in [6.07, 6.45) is 3.96. The molecule has 0 radical (unpaired) electrons. The summed E-state index contributed by atoms with van der Waals surface area (Å²) in [5.74, 6) is 0.780. The molecule has 0 aromatic heterocycles. The third-order valence-electron chi connectivity index (χ3n) is 4.42. The second-order valence-electron chi connectivity index (χ2n) is 5.52. The minimum absolute atomic E-state index is 0.702. The van der Waals surface area contributed by atoms with Gasteiger partial charge in [0.2, 0.25) is 0 Å². The summed E-state index contributed by atoms with van der Waals surface area (Å²) in [4.78, 5) is 5.04. The summed E-state index contributed by atoms with van der Waals surface area (Å²) in [7, 11) is 1.67. The first-order valence-electron chi connectivity index (χ1n) is 7.21. The predicted octanol–water partition coefficient (Wildman–Crippen LogP) is 1.95. The van der Waals surface area contributed by atoms with Crippen molar-refractivity contribution < 1.29 is 4.74 Å². The lowest BCUT2D eigenvalue weighted by molar-refractivity contribution is 0.260. The average Bonchev–Trinajstić information content (AvgIpc) is 3.09. The number of hydrogen-bond donors (Lipinski definition) is 1. The Morgan fingerprint density at radius 3 is 2.74 bits per heavy atom. The van der Waals surface area contributed by atoms with Crippen LogP contribution < -0.4 is 15.4 Å². The number of para-hydroxylation sites is 1. The van der Waals surface area contributed by atoms with E-state index in [1.807, 2.05) is 12.1 Å². The molecular formula is C15H23N3O. The van der Waals surface area contributed by atoms with Gasteiger partial charge >= 0.3 is 0 Å². The molecule has 1 unspecified atom stereocenters. The quantitative estimate of drug-likeness (QED) is 0.845. The van der Waals surface area contributed by atoms with Crippen LogP contribution in [0.3, 0.4) is 0 Å². The number of nitrogens with two attached hydrogens (primary N) is 1. The number of nitrogens with zero attached hydrogens (tertiary/aromatic N) is 2. The summed E-state index contributed by atoms with van der Waals surface area (Å²) >= 11 is 0. The first-order chi connectivity index (χ1) is 9.29. The molecule has 1 aromatic rings. The number of rotatable bonds is 3. The molecule has 0 spiro atoms. The van der Waals surface area contributed by atoms with Gasteiger partial charge in [-0.3, -0.25) is 4.90 Å². The number of benzene rings is 1. The van der Waals surface area contributed by atoms with Crippen LogP contribution in [0.5, 0.6) is 5.75 Å². The molecule has 4 nitrogen and oxygen atoms in total. The monoisotopic (exact) mass is 261 g/mol. The van der Waals surface area contributed by atoms with Gasteiger partial charge in [0.25, 0.3) is 0 Å². The number of likely N-dealkylation sites (tertiary alicyclic amines) is 1. The molecule has 4 heteroatoms. The van der Waals surface area contributed by atoms with Crippen LogP contribution in [0.25, 0.3) is 0 Å². The van der Waals surface area contributed by atoms with Gasteiger partial charge in [-0.1, -0.05) is 6.07 Å². The van der Waals surface area contributed by atoms with Gasteiger partial charge in [0, 0.05) is 19.1 Å². The highest BCUT2D eigenvalue weighted by Gasteiger charge is 2.30. The first kappa shape index (κ1) is 12.6. The summed E-state index contributed by atoms with van der Waals surface area (Å²) in [6.45, 7) is 4.73. The van der Waals surface area contributed by atoms with E-state index < -0.39 is 0 Å². The summed E-state index contributed by atoms with van der Waals surface area (Å²) in [6, 6.07) is 6.75. The van der Waals surface area contributed by atoms with Crippen molar-refractivity contribution in [2.45, 2.75) is 25.3 Å². The van der Waals surface area contributed by atoms with Crippen LogP contribution in [0.4, 0.5) is 11.4 Å². The lowest BCUT2D eigenvalue weighted by Crippen LogP contribution is -2.35. The van der Waals surface area contributed by atoms with Crippen LogP contribution in [0.15, 0.2) is 18.2 Å². The fourth-order valence-corrected chi connectivity index (χ4v) is 3.35. The Morgan fingerprint density at radius 2 is 2.00 bits per heavy atom. The average molecular weight is 261 g/mol. The van der Waals surface area contributed by atoms with E-state index in [0.717, 1.165) is 30.2 Å². The highest BCUT2D eigenvalue weighted by molar-refractivity contribution is 5.74.